The fourth-order valence-electron chi connectivity index (χ4n) is 2.49. The van der Waals surface area contributed by atoms with Gasteiger partial charge in [-0.3, -0.25) is 4.98 Å². The Bertz CT molecular complexity index is 1060. The number of hydrogen-bond donors (Lipinski definition) is 0. The molecule has 0 fully saturated rings. The van der Waals surface area contributed by atoms with Crippen molar-refractivity contribution in [2.24, 2.45) is 0 Å². The summed E-state index contributed by atoms with van der Waals surface area (Å²) in [6, 6.07) is 9.04. The van der Waals surface area contributed by atoms with Crippen LogP contribution in [0, 0.1) is 11.6 Å². The lowest BCUT2D eigenvalue weighted by molar-refractivity contribution is 0.585. The van der Waals surface area contributed by atoms with Gasteiger partial charge in [0.2, 0.25) is 0 Å². The van der Waals surface area contributed by atoms with E-state index in [1.54, 1.807) is 41.2 Å². The molecule has 0 saturated carbocycles. The molecule has 0 aliphatic heterocycles. The molecule has 0 radical (unpaired) electrons. The SMILES string of the molecule is Fc1cc(F)c(-c2ncccc2-c2ccc3nccn3n2)cc1Cl. The van der Waals surface area contributed by atoms with Gasteiger partial charge in [-0.25, -0.2) is 18.3 Å². The van der Waals surface area contributed by atoms with E-state index >= 15 is 0 Å². The van der Waals surface area contributed by atoms with Crippen LogP contribution in [0.25, 0.3) is 28.2 Å². The Hall–Kier alpha value is -2.86. The zero-order chi connectivity index (χ0) is 16.7. The van der Waals surface area contributed by atoms with Crippen LogP contribution < -0.4 is 0 Å². The van der Waals surface area contributed by atoms with Gasteiger partial charge in [-0.2, -0.15) is 5.10 Å². The Morgan fingerprint density at radius 1 is 0.917 bits per heavy atom. The van der Waals surface area contributed by atoms with Gasteiger partial charge in [0.1, 0.15) is 11.6 Å². The van der Waals surface area contributed by atoms with Crippen LogP contribution in [0.3, 0.4) is 0 Å². The molecule has 0 spiro atoms. The predicted molar refractivity (Wildman–Crippen MR) is 86.6 cm³/mol. The topological polar surface area (TPSA) is 43.1 Å². The Labute approximate surface area is 140 Å². The van der Waals surface area contributed by atoms with Crippen LogP contribution in [-0.2, 0) is 0 Å². The van der Waals surface area contributed by atoms with Crippen molar-refractivity contribution in [3.63, 3.8) is 0 Å². The number of nitrogens with zero attached hydrogens (tertiary/aromatic N) is 4. The second kappa shape index (κ2) is 5.65. The maximum absolute atomic E-state index is 14.2. The fraction of sp³-hybridized carbons (Fsp3) is 0. The van der Waals surface area contributed by atoms with Gasteiger partial charge >= 0.3 is 0 Å². The molecule has 0 bridgehead atoms. The Kier molecular flexibility index (Phi) is 3.46. The van der Waals surface area contributed by atoms with Crippen molar-refractivity contribution in [1.29, 1.82) is 0 Å². The number of imidazole rings is 1. The number of hydrogen-bond acceptors (Lipinski definition) is 3. The molecule has 0 aliphatic carbocycles. The minimum Gasteiger partial charge on any atom is -0.255 e. The highest BCUT2D eigenvalue weighted by Gasteiger charge is 2.16. The van der Waals surface area contributed by atoms with Gasteiger partial charge in [-0.1, -0.05) is 11.6 Å². The van der Waals surface area contributed by atoms with Crippen LogP contribution in [-0.4, -0.2) is 19.6 Å². The lowest BCUT2D eigenvalue weighted by atomic mass is 10.0. The Balaban J connectivity index is 1.94. The first kappa shape index (κ1) is 14.7. The van der Waals surface area contributed by atoms with E-state index in [1.165, 1.54) is 12.3 Å². The minimum atomic E-state index is -0.812. The largest absolute Gasteiger partial charge is 0.255 e. The highest BCUT2D eigenvalue weighted by molar-refractivity contribution is 6.31. The number of fused-ring (bicyclic) bond motifs is 1. The van der Waals surface area contributed by atoms with Gasteiger partial charge in [-0.15, -0.1) is 0 Å². The molecule has 0 atom stereocenters. The molecular formula is C17H9ClF2N4. The molecule has 0 amide bonds. The summed E-state index contributed by atoms with van der Waals surface area (Å²) in [7, 11) is 0. The predicted octanol–water partition coefficient (Wildman–Crippen LogP) is 4.39. The zero-order valence-corrected chi connectivity index (χ0v) is 12.9. The summed E-state index contributed by atoms with van der Waals surface area (Å²) in [5, 5.41) is 4.28. The number of benzene rings is 1. The molecule has 0 N–H and O–H groups in total. The van der Waals surface area contributed by atoms with Crippen LogP contribution >= 0.6 is 11.6 Å². The number of pyridine rings is 1. The summed E-state index contributed by atoms with van der Waals surface area (Å²) >= 11 is 5.80. The maximum atomic E-state index is 14.2. The van der Waals surface area contributed by atoms with Crippen molar-refractivity contribution >= 4 is 17.2 Å². The highest BCUT2D eigenvalue weighted by Crippen LogP contribution is 2.33. The summed E-state index contributed by atoms with van der Waals surface area (Å²) in [5.74, 6) is -1.55. The van der Waals surface area contributed by atoms with Crippen molar-refractivity contribution in [1.82, 2.24) is 19.6 Å². The van der Waals surface area contributed by atoms with Crippen LogP contribution in [0.2, 0.25) is 5.02 Å². The second-order valence-electron chi connectivity index (χ2n) is 5.09. The summed E-state index contributed by atoms with van der Waals surface area (Å²) in [6.07, 6.45) is 4.88. The average molecular weight is 343 g/mol. The van der Waals surface area contributed by atoms with Gasteiger partial charge in [0.25, 0.3) is 0 Å². The molecule has 0 unspecified atom stereocenters. The number of aromatic nitrogens is 4. The summed E-state index contributed by atoms with van der Waals surface area (Å²) < 4.78 is 29.3. The first-order valence-electron chi connectivity index (χ1n) is 7.04. The van der Waals surface area contributed by atoms with Gasteiger partial charge in [0, 0.05) is 35.8 Å². The van der Waals surface area contributed by atoms with Crippen LogP contribution in [0.4, 0.5) is 8.78 Å². The van der Waals surface area contributed by atoms with E-state index in [9.17, 15) is 8.78 Å². The van der Waals surface area contributed by atoms with Crippen molar-refractivity contribution in [3.05, 3.63) is 71.6 Å². The standard InChI is InChI=1S/C17H9ClF2N4/c18-12-8-11(13(19)9-14(12)20)17-10(2-1-5-22-17)15-3-4-16-21-6-7-24(16)23-15/h1-9H. The van der Waals surface area contributed by atoms with Crippen molar-refractivity contribution < 1.29 is 8.78 Å². The maximum Gasteiger partial charge on any atom is 0.153 e. The molecule has 24 heavy (non-hydrogen) atoms. The Morgan fingerprint density at radius 2 is 1.79 bits per heavy atom. The quantitative estimate of drug-likeness (QED) is 0.507. The van der Waals surface area contributed by atoms with Gasteiger partial charge in [0.05, 0.1) is 16.4 Å². The summed E-state index contributed by atoms with van der Waals surface area (Å²) in [4.78, 5) is 8.37. The third kappa shape index (κ3) is 2.41. The van der Waals surface area contributed by atoms with Gasteiger partial charge in [-0.05, 0) is 30.3 Å². The van der Waals surface area contributed by atoms with Crippen molar-refractivity contribution in [3.8, 4) is 22.5 Å². The van der Waals surface area contributed by atoms with E-state index < -0.39 is 11.6 Å². The summed E-state index contributed by atoms with van der Waals surface area (Å²) in [5.41, 5.74) is 2.34. The van der Waals surface area contributed by atoms with Gasteiger partial charge in [0.15, 0.2) is 5.65 Å². The summed E-state index contributed by atoms with van der Waals surface area (Å²) in [6.45, 7) is 0. The van der Waals surface area contributed by atoms with E-state index in [2.05, 4.69) is 15.1 Å². The molecule has 1 aromatic carbocycles. The Morgan fingerprint density at radius 3 is 2.67 bits per heavy atom. The fourth-order valence-corrected chi connectivity index (χ4v) is 2.65. The van der Waals surface area contributed by atoms with Crippen LogP contribution in [0.5, 0.6) is 0 Å². The third-order valence-electron chi connectivity index (χ3n) is 3.60. The minimum absolute atomic E-state index is 0.115. The van der Waals surface area contributed by atoms with Crippen molar-refractivity contribution in [2.75, 3.05) is 0 Å². The smallest absolute Gasteiger partial charge is 0.153 e. The first-order valence-corrected chi connectivity index (χ1v) is 7.42. The molecule has 118 valence electrons. The van der Waals surface area contributed by atoms with Crippen LogP contribution in [0.1, 0.15) is 0 Å². The van der Waals surface area contributed by atoms with Gasteiger partial charge < -0.3 is 0 Å². The normalized spacial score (nSPS) is 11.1. The average Bonchev–Trinajstić information content (AvgIpc) is 3.06. The molecule has 4 nitrogen and oxygen atoms in total. The van der Waals surface area contributed by atoms with Crippen molar-refractivity contribution in [2.45, 2.75) is 0 Å². The molecule has 0 aliphatic rings. The molecule has 0 saturated heterocycles. The van der Waals surface area contributed by atoms with E-state index in [0.717, 1.165) is 6.07 Å². The van der Waals surface area contributed by atoms with E-state index in [-0.39, 0.29) is 10.6 Å². The molecule has 4 rings (SSSR count). The zero-order valence-electron chi connectivity index (χ0n) is 12.1. The molecule has 4 aromatic rings. The highest BCUT2D eigenvalue weighted by atomic mass is 35.5. The monoisotopic (exact) mass is 342 g/mol. The number of rotatable bonds is 2. The number of halogens is 3. The molecular weight excluding hydrogens is 334 g/mol. The lowest BCUT2D eigenvalue weighted by Gasteiger charge is -2.10. The first-order chi connectivity index (χ1) is 11.6. The van der Waals surface area contributed by atoms with Crippen LogP contribution in [0.15, 0.2) is 55.0 Å². The second-order valence-corrected chi connectivity index (χ2v) is 5.50. The molecule has 7 heteroatoms. The third-order valence-corrected chi connectivity index (χ3v) is 3.89. The van der Waals surface area contributed by atoms with E-state index in [4.69, 9.17) is 11.6 Å². The van der Waals surface area contributed by atoms with E-state index in [1.807, 2.05) is 0 Å². The molecule has 3 aromatic heterocycles. The van der Waals surface area contributed by atoms with E-state index in [0.29, 0.717) is 22.6 Å². The lowest BCUT2D eigenvalue weighted by Crippen LogP contribution is -1.97. The molecule has 3 heterocycles.